The van der Waals surface area contributed by atoms with Crippen molar-refractivity contribution in [3.63, 3.8) is 0 Å². The van der Waals surface area contributed by atoms with Crippen molar-refractivity contribution in [2.75, 3.05) is 22.6 Å². The van der Waals surface area contributed by atoms with Crippen LogP contribution >= 0.6 is 11.6 Å². The highest BCUT2D eigenvalue weighted by Crippen LogP contribution is 2.30. The van der Waals surface area contributed by atoms with Crippen molar-refractivity contribution in [2.45, 2.75) is 6.92 Å². The number of methoxy groups -OCH3 is 1. The van der Waals surface area contributed by atoms with E-state index in [4.69, 9.17) is 11.6 Å². The van der Waals surface area contributed by atoms with E-state index in [1.807, 2.05) is 31.2 Å². The van der Waals surface area contributed by atoms with Crippen LogP contribution in [0.5, 0.6) is 0 Å². The zero-order chi connectivity index (χ0) is 25.1. The second kappa shape index (κ2) is 9.82. The monoisotopic (exact) mass is 489 g/mol. The maximum atomic E-state index is 13.0. The van der Waals surface area contributed by atoms with Gasteiger partial charge in [0.25, 0.3) is 17.7 Å². The van der Waals surface area contributed by atoms with E-state index in [9.17, 15) is 19.2 Å². The average molecular weight is 490 g/mol. The summed E-state index contributed by atoms with van der Waals surface area (Å²) in [7, 11) is 1.24. The number of carbonyl (C=O) groups is 4. The second-order valence-corrected chi connectivity index (χ2v) is 8.03. The Hall–Kier alpha value is -4.43. The fraction of sp³-hybridized carbons (Fsp3) is 0.0769. The van der Waals surface area contributed by atoms with Gasteiger partial charge in [0, 0.05) is 16.9 Å². The Morgan fingerprint density at radius 2 is 1.60 bits per heavy atom. The topological polar surface area (TPSA) is 105 Å². The minimum Gasteiger partial charge on any atom is -0.465 e. The largest absolute Gasteiger partial charge is 0.465 e. The third-order valence-electron chi connectivity index (χ3n) is 5.36. The second-order valence-electron chi connectivity index (χ2n) is 7.65. The number of esters is 1. The van der Waals surface area contributed by atoms with E-state index in [0.29, 0.717) is 16.9 Å². The molecule has 1 aliphatic rings. The van der Waals surface area contributed by atoms with E-state index in [1.54, 1.807) is 24.3 Å². The van der Waals surface area contributed by atoms with E-state index >= 15 is 0 Å². The van der Waals surface area contributed by atoms with Crippen molar-refractivity contribution in [3.8, 4) is 0 Å². The highest BCUT2D eigenvalue weighted by atomic mass is 35.5. The van der Waals surface area contributed by atoms with Crippen LogP contribution < -0.4 is 15.5 Å². The van der Waals surface area contributed by atoms with Gasteiger partial charge in [0.1, 0.15) is 10.7 Å². The van der Waals surface area contributed by atoms with E-state index in [2.05, 4.69) is 15.4 Å². The summed E-state index contributed by atoms with van der Waals surface area (Å²) in [5.74, 6) is -2.29. The summed E-state index contributed by atoms with van der Waals surface area (Å²) in [6, 6.07) is 19.7. The fourth-order valence-corrected chi connectivity index (χ4v) is 3.71. The number of rotatable bonds is 6. The fourth-order valence-electron chi connectivity index (χ4n) is 3.49. The zero-order valence-corrected chi connectivity index (χ0v) is 19.6. The number of nitrogens with zero attached hydrogens (tertiary/aromatic N) is 1. The van der Waals surface area contributed by atoms with Gasteiger partial charge in [-0.1, -0.05) is 35.9 Å². The molecule has 3 aromatic carbocycles. The van der Waals surface area contributed by atoms with Crippen molar-refractivity contribution in [3.05, 3.63) is 100 Å². The van der Waals surface area contributed by atoms with Crippen LogP contribution in [0.1, 0.15) is 26.3 Å². The van der Waals surface area contributed by atoms with Crippen LogP contribution in [0.25, 0.3) is 0 Å². The Kier molecular flexibility index (Phi) is 6.66. The number of para-hydroxylation sites is 1. The van der Waals surface area contributed by atoms with Crippen LogP contribution in [-0.2, 0) is 14.3 Å². The Morgan fingerprint density at radius 3 is 2.29 bits per heavy atom. The first-order valence-corrected chi connectivity index (χ1v) is 10.9. The van der Waals surface area contributed by atoms with Crippen LogP contribution in [-0.4, -0.2) is 30.8 Å². The number of halogens is 1. The third kappa shape index (κ3) is 4.78. The van der Waals surface area contributed by atoms with Crippen LogP contribution in [0.4, 0.5) is 17.1 Å². The summed E-state index contributed by atoms with van der Waals surface area (Å²) in [6.07, 6.45) is 0. The molecule has 0 aliphatic carbocycles. The van der Waals surface area contributed by atoms with Gasteiger partial charge in [-0.2, -0.15) is 0 Å². The molecule has 35 heavy (non-hydrogen) atoms. The summed E-state index contributed by atoms with van der Waals surface area (Å²) in [6.45, 7) is 1.90. The number of benzene rings is 3. The number of anilines is 3. The van der Waals surface area contributed by atoms with Gasteiger partial charge < -0.3 is 15.4 Å². The van der Waals surface area contributed by atoms with Crippen molar-refractivity contribution < 1.29 is 23.9 Å². The predicted octanol–water partition coefficient (Wildman–Crippen LogP) is 4.47. The smallest absolute Gasteiger partial charge is 0.337 e. The number of amides is 3. The van der Waals surface area contributed by atoms with Crippen molar-refractivity contribution in [2.24, 2.45) is 0 Å². The molecule has 0 aromatic heterocycles. The Balaban J connectivity index is 1.50. The molecule has 0 saturated carbocycles. The molecule has 0 saturated heterocycles. The molecule has 9 heteroatoms. The molecule has 1 heterocycles. The summed E-state index contributed by atoms with van der Waals surface area (Å²) in [5, 5.41) is 5.42. The lowest BCUT2D eigenvalue weighted by Crippen LogP contribution is -2.32. The van der Waals surface area contributed by atoms with E-state index in [1.165, 1.54) is 31.4 Å². The van der Waals surface area contributed by atoms with Crippen molar-refractivity contribution in [1.29, 1.82) is 0 Å². The molecule has 4 rings (SSSR count). The van der Waals surface area contributed by atoms with Gasteiger partial charge in [-0.15, -0.1) is 0 Å². The van der Waals surface area contributed by atoms with Gasteiger partial charge in [-0.25, -0.2) is 9.69 Å². The molecule has 8 nitrogen and oxygen atoms in total. The van der Waals surface area contributed by atoms with Crippen molar-refractivity contribution in [1.82, 2.24) is 0 Å². The minimum atomic E-state index is -0.726. The lowest BCUT2D eigenvalue weighted by molar-refractivity contribution is -0.120. The van der Waals surface area contributed by atoms with Crippen LogP contribution in [0.15, 0.2) is 83.5 Å². The molecule has 3 amide bonds. The maximum absolute atomic E-state index is 13.0. The number of hydrogen-bond donors (Lipinski definition) is 2. The predicted molar refractivity (Wildman–Crippen MR) is 132 cm³/mol. The molecule has 0 bridgehead atoms. The molecule has 0 atom stereocenters. The Labute approximate surface area is 206 Å². The van der Waals surface area contributed by atoms with Gasteiger partial charge in [0.2, 0.25) is 0 Å². The van der Waals surface area contributed by atoms with E-state index in [-0.39, 0.29) is 27.9 Å². The normalized spacial score (nSPS) is 13.2. The minimum absolute atomic E-state index is 0.114. The van der Waals surface area contributed by atoms with Crippen molar-refractivity contribution >= 4 is 52.4 Å². The van der Waals surface area contributed by atoms with Gasteiger partial charge in [-0.3, -0.25) is 14.4 Å². The Morgan fingerprint density at radius 1 is 0.886 bits per heavy atom. The quantitative estimate of drug-likeness (QED) is 0.391. The van der Waals surface area contributed by atoms with Gasteiger partial charge in [0.15, 0.2) is 0 Å². The molecule has 3 aromatic rings. The van der Waals surface area contributed by atoms with E-state index in [0.717, 1.165) is 10.5 Å². The number of aryl methyl sites for hydroxylation is 1. The lowest BCUT2D eigenvalue weighted by Gasteiger charge is -2.16. The molecule has 0 unspecified atom stereocenters. The van der Waals surface area contributed by atoms with Gasteiger partial charge >= 0.3 is 5.97 Å². The molecule has 0 spiro atoms. The molecular formula is C26H20ClN3O5. The molecule has 0 radical (unpaired) electrons. The van der Waals surface area contributed by atoms with Crippen LogP contribution in [0, 0.1) is 6.92 Å². The first kappa shape index (κ1) is 23.7. The third-order valence-corrected chi connectivity index (χ3v) is 5.71. The van der Waals surface area contributed by atoms with E-state index < -0.39 is 17.8 Å². The number of imide groups is 1. The maximum Gasteiger partial charge on any atom is 0.337 e. The highest BCUT2D eigenvalue weighted by molar-refractivity contribution is 6.53. The molecular weight excluding hydrogens is 470 g/mol. The summed E-state index contributed by atoms with van der Waals surface area (Å²) in [5.41, 5.74) is 2.77. The number of nitrogens with one attached hydrogen (secondary N) is 2. The van der Waals surface area contributed by atoms with Gasteiger partial charge in [0.05, 0.1) is 18.4 Å². The SMILES string of the molecule is COC(=O)c1cccc(N2C(=O)C(Cl)=C(Nc3ccc(C(=O)Nc4ccccc4C)cc3)C2=O)c1. The van der Waals surface area contributed by atoms with Crippen LogP contribution in [0.2, 0.25) is 0 Å². The Bertz CT molecular complexity index is 1380. The summed E-state index contributed by atoms with van der Waals surface area (Å²) in [4.78, 5) is 51.0. The summed E-state index contributed by atoms with van der Waals surface area (Å²) < 4.78 is 4.69. The van der Waals surface area contributed by atoms with Gasteiger partial charge in [-0.05, 0) is 61.0 Å². The zero-order valence-electron chi connectivity index (χ0n) is 18.8. The molecule has 1 aliphatic heterocycles. The molecule has 176 valence electrons. The number of hydrogen-bond acceptors (Lipinski definition) is 6. The highest BCUT2D eigenvalue weighted by Gasteiger charge is 2.39. The average Bonchev–Trinajstić information content (AvgIpc) is 3.08. The molecule has 0 fully saturated rings. The first-order chi connectivity index (χ1) is 16.8. The summed E-state index contributed by atoms with van der Waals surface area (Å²) >= 11 is 6.18. The number of ether oxygens (including phenoxy) is 1. The van der Waals surface area contributed by atoms with Crippen LogP contribution in [0.3, 0.4) is 0 Å². The number of carbonyl (C=O) groups excluding carboxylic acids is 4. The lowest BCUT2D eigenvalue weighted by atomic mass is 10.1. The molecule has 2 N–H and O–H groups in total. The first-order valence-electron chi connectivity index (χ1n) is 10.5. The standard InChI is InChI=1S/C26H20ClN3O5/c1-15-6-3-4-9-20(15)29-23(31)16-10-12-18(13-11-16)28-22-21(27)24(32)30(25(22)33)19-8-5-7-17(14-19)26(34)35-2/h3-14,28H,1-2H3,(H,29,31).